The average molecular weight is 366 g/mol. The summed E-state index contributed by atoms with van der Waals surface area (Å²) in [5.74, 6) is -0.362. The third-order valence-corrected chi connectivity index (χ3v) is 8.95. The Bertz CT molecular complexity index is 856. The smallest absolute Gasteiger partial charge is 0.311 e. The van der Waals surface area contributed by atoms with E-state index < -0.39 is 5.54 Å². The van der Waals surface area contributed by atoms with Gasteiger partial charge >= 0.3 is 5.97 Å². The Morgan fingerprint density at radius 2 is 2.04 bits per heavy atom. The molecule has 6 aliphatic rings. The number of benzene rings is 1. The number of anilines is 1. The van der Waals surface area contributed by atoms with E-state index in [9.17, 15) is 9.59 Å². The number of methoxy groups -OCH3 is 1. The minimum atomic E-state index is -0.468. The number of piperidine rings is 1. The normalized spacial score (nSPS) is 43.8. The summed E-state index contributed by atoms with van der Waals surface area (Å²) in [4.78, 5) is 30.2. The molecule has 0 N–H and O–H groups in total. The Morgan fingerprint density at radius 1 is 1.19 bits per heavy atom. The minimum Gasteiger partial charge on any atom is -0.469 e. The maximum Gasteiger partial charge on any atom is 0.311 e. The number of rotatable bonds is 2. The highest BCUT2D eigenvalue weighted by molar-refractivity contribution is 5.90. The maximum atomic E-state index is 13.1. The highest BCUT2D eigenvalue weighted by Gasteiger charge is 2.80. The van der Waals surface area contributed by atoms with Crippen LogP contribution in [-0.4, -0.2) is 49.1 Å². The lowest BCUT2D eigenvalue weighted by atomic mass is 9.38. The number of carbonyl (C=O) groups excluding carboxylic acids is 2. The molecule has 0 aromatic heterocycles. The molecule has 0 unspecified atom stereocenters. The molecule has 1 aromatic rings. The molecule has 5 nitrogen and oxygen atoms in total. The quantitative estimate of drug-likeness (QED) is 0.596. The molecule has 1 amide bonds. The first-order valence-electron chi connectivity index (χ1n) is 10.3. The molecule has 5 fully saturated rings. The van der Waals surface area contributed by atoms with Crippen molar-refractivity contribution in [3.63, 3.8) is 0 Å². The molecule has 142 valence electrons. The second-order valence-corrected chi connectivity index (χ2v) is 9.32. The van der Waals surface area contributed by atoms with Gasteiger partial charge in [-0.1, -0.05) is 18.2 Å². The van der Waals surface area contributed by atoms with Gasteiger partial charge in [-0.15, -0.1) is 0 Å². The van der Waals surface area contributed by atoms with Gasteiger partial charge in [-0.2, -0.15) is 0 Å². The van der Waals surface area contributed by atoms with Gasteiger partial charge in [0.05, 0.1) is 18.6 Å². The molecule has 3 heterocycles. The van der Waals surface area contributed by atoms with Gasteiger partial charge in [0.2, 0.25) is 6.41 Å². The standard InChI is InChI=1S/C22H26N2O3/c1-27-18(26)16-13-20-7-4-11-23-12-10-21(19(20)23)15-5-2-3-6-17(15)24(14-25)22(16,21)9-8-20/h2-3,5-6,14,16,19H,4,7-13H2,1H3/t16-,19-,20+,21+,22+/m0/s1. The van der Waals surface area contributed by atoms with Crippen molar-refractivity contribution in [3.05, 3.63) is 29.8 Å². The van der Waals surface area contributed by atoms with Crippen LogP contribution >= 0.6 is 0 Å². The number of amides is 1. The van der Waals surface area contributed by atoms with Gasteiger partial charge in [0.1, 0.15) is 0 Å². The fourth-order valence-corrected chi connectivity index (χ4v) is 8.44. The Labute approximate surface area is 159 Å². The molecule has 3 aliphatic heterocycles. The van der Waals surface area contributed by atoms with E-state index in [-0.39, 0.29) is 22.7 Å². The van der Waals surface area contributed by atoms with Crippen molar-refractivity contribution >= 4 is 18.1 Å². The van der Waals surface area contributed by atoms with Crippen molar-refractivity contribution in [1.82, 2.24) is 4.90 Å². The van der Waals surface area contributed by atoms with Gasteiger partial charge in [-0.3, -0.25) is 14.5 Å². The summed E-state index contributed by atoms with van der Waals surface area (Å²) in [6, 6.07) is 8.86. The number of carbonyl (C=O) groups is 2. The lowest BCUT2D eigenvalue weighted by Crippen LogP contribution is -2.78. The molecular formula is C22H26N2O3. The highest BCUT2D eigenvalue weighted by atomic mass is 16.5. The largest absolute Gasteiger partial charge is 0.469 e. The van der Waals surface area contributed by atoms with Gasteiger partial charge in [-0.05, 0) is 68.7 Å². The number of nitrogens with zero attached hydrogens (tertiary/aromatic N) is 2. The van der Waals surface area contributed by atoms with Crippen molar-refractivity contribution in [1.29, 1.82) is 0 Å². The molecule has 3 saturated carbocycles. The molecule has 3 spiro atoms. The van der Waals surface area contributed by atoms with Crippen LogP contribution in [-0.2, 0) is 19.7 Å². The number of para-hydroxylation sites is 1. The number of esters is 1. The maximum absolute atomic E-state index is 13.1. The summed E-state index contributed by atoms with van der Waals surface area (Å²) in [7, 11) is 1.50. The number of ether oxygens (including phenoxy) is 1. The average Bonchev–Trinajstić information content (AvgIpc) is 3.23. The summed E-state index contributed by atoms with van der Waals surface area (Å²) in [6.45, 7) is 2.22. The molecule has 27 heavy (non-hydrogen) atoms. The summed E-state index contributed by atoms with van der Waals surface area (Å²) < 4.78 is 5.32. The first-order valence-corrected chi connectivity index (χ1v) is 10.3. The molecule has 0 radical (unpaired) electrons. The van der Waals surface area contributed by atoms with Crippen molar-refractivity contribution < 1.29 is 14.3 Å². The molecule has 2 bridgehead atoms. The first kappa shape index (κ1) is 16.1. The molecule has 5 heteroatoms. The van der Waals surface area contributed by atoms with Crippen LogP contribution in [0.1, 0.15) is 44.1 Å². The van der Waals surface area contributed by atoms with E-state index in [4.69, 9.17) is 4.74 Å². The van der Waals surface area contributed by atoms with Gasteiger partial charge in [0.25, 0.3) is 0 Å². The molecule has 1 aromatic carbocycles. The van der Waals surface area contributed by atoms with E-state index in [1.54, 1.807) is 0 Å². The minimum absolute atomic E-state index is 0.129. The van der Waals surface area contributed by atoms with E-state index in [1.807, 2.05) is 11.0 Å². The predicted molar refractivity (Wildman–Crippen MR) is 100 cm³/mol. The van der Waals surface area contributed by atoms with E-state index in [1.165, 1.54) is 25.5 Å². The van der Waals surface area contributed by atoms with Crippen LogP contribution in [0.4, 0.5) is 5.69 Å². The summed E-state index contributed by atoms with van der Waals surface area (Å²) >= 11 is 0. The highest BCUT2D eigenvalue weighted by Crippen LogP contribution is 2.75. The SMILES string of the molecule is COC(=O)[C@@H]1C[C@@]23CCCN4CC[C@@]5(c6ccccc6N(C=O)[C@]15CC2)[C@@H]43. The van der Waals surface area contributed by atoms with E-state index >= 15 is 0 Å². The molecule has 3 aliphatic carbocycles. The lowest BCUT2D eigenvalue weighted by Gasteiger charge is -2.69. The van der Waals surface area contributed by atoms with Gasteiger partial charge < -0.3 is 9.64 Å². The third-order valence-electron chi connectivity index (χ3n) is 8.95. The van der Waals surface area contributed by atoms with Gasteiger partial charge in [-0.25, -0.2) is 0 Å². The Morgan fingerprint density at radius 3 is 2.85 bits per heavy atom. The Kier molecular flexibility index (Phi) is 2.94. The lowest BCUT2D eigenvalue weighted by molar-refractivity contribution is -0.175. The summed E-state index contributed by atoms with van der Waals surface area (Å²) in [5.41, 5.74) is 1.89. The Balaban J connectivity index is 1.69. The van der Waals surface area contributed by atoms with Crippen LogP contribution in [0.15, 0.2) is 24.3 Å². The topological polar surface area (TPSA) is 49.9 Å². The zero-order valence-electron chi connectivity index (χ0n) is 15.8. The van der Waals surface area contributed by atoms with Crippen LogP contribution in [0, 0.1) is 11.3 Å². The summed E-state index contributed by atoms with van der Waals surface area (Å²) in [5, 5.41) is 0. The molecule has 7 rings (SSSR count). The van der Waals surface area contributed by atoms with E-state index in [0.29, 0.717) is 6.04 Å². The fourth-order valence-electron chi connectivity index (χ4n) is 8.44. The van der Waals surface area contributed by atoms with Crippen molar-refractivity contribution in [2.75, 3.05) is 25.1 Å². The molecule has 5 atom stereocenters. The van der Waals surface area contributed by atoms with Crippen molar-refractivity contribution in [2.24, 2.45) is 11.3 Å². The fraction of sp³-hybridized carbons (Fsp3) is 0.636. The monoisotopic (exact) mass is 366 g/mol. The third kappa shape index (κ3) is 1.49. The van der Waals surface area contributed by atoms with Crippen molar-refractivity contribution in [2.45, 2.75) is 55.5 Å². The molecule has 2 saturated heterocycles. The van der Waals surface area contributed by atoms with Crippen LogP contribution in [0.5, 0.6) is 0 Å². The van der Waals surface area contributed by atoms with E-state index in [0.717, 1.165) is 50.9 Å². The molecular weight excluding hydrogens is 340 g/mol. The number of hydrogen-bond acceptors (Lipinski definition) is 4. The number of fused-ring (bicyclic) bond motifs is 3. The summed E-state index contributed by atoms with van der Waals surface area (Å²) in [6.07, 6.45) is 7.32. The second kappa shape index (κ2) is 4.93. The van der Waals surface area contributed by atoms with Crippen molar-refractivity contribution in [3.8, 4) is 0 Å². The predicted octanol–water partition coefficient (Wildman–Crippen LogP) is 2.48. The van der Waals surface area contributed by atoms with Crippen LogP contribution in [0.3, 0.4) is 0 Å². The number of hydrogen-bond donors (Lipinski definition) is 0. The van der Waals surface area contributed by atoms with Crippen LogP contribution in [0.2, 0.25) is 0 Å². The van der Waals surface area contributed by atoms with E-state index in [2.05, 4.69) is 23.1 Å². The van der Waals surface area contributed by atoms with Crippen LogP contribution < -0.4 is 4.90 Å². The zero-order valence-corrected chi connectivity index (χ0v) is 15.8. The van der Waals surface area contributed by atoms with Gasteiger partial charge in [0.15, 0.2) is 0 Å². The second-order valence-electron chi connectivity index (χ2n) is 9.32. The zero-order chi connectivity index (χ0) is 18.4. The van der Waals surface area contributed by atoms with Gasteiger partial charge in [0, 0.05) is 17.1 Å². The first-order chi connectivity index (χ1) is 13.1. The Hall–Kier alpha value is -1.88. The van der Waals surface area contributed by atoms with Crippen LogP contribution in [0.25, 0.3) is 0 Å².